The Kier molecular flexibility index (Phi) is 8.88. The van der Waals surface area contributed by atoms with E-state index in [1.165, 1.54) is 68.1 Å². The smallest absolute Gasteiger partial charge is 0.0277 e. The predicted octanol–water partition coefficient (Wildman–Crippen LogP) is 6.19. The summed E-state index contributed by atoms with van der Waals surface area (Å²) in [6.07, 6.45) is 12.0. The fraction of sp³-hybridized carbons (Fsp3) is 0.600. The molecule has 0 aliphatic heterocycles. The van der Waals surface area contributed by atoms with E-state index >= 15 is 0 Å². The van der Waals surface area contributed by atoms with Crippen LogP contribution in [0.2, 0.25) is 0 Å². The first-order valence-corrected chi connectivity index (χ1v) is 8.30. The van der Waals surface area contributed by atoms with Gasteiger partial charge in [-0.15, -0.1) is 0 Å². The van der Waals surface area contributed by atoms with Crippen molar-refractivity contribution >= 4 is 0 Å². The average molecular weight is 270 g/mol. The molecule has 110 valence electrons. The van der Waals surface area contributed by atoms with Gasteiger partial charge in [-0.25, -0.2) is 0 Å². The lowest BCUT2D eigenvalue weighted by atomic mass is 10.1. The van der Waals surface area contributed by atoms with Gasteiger partial charge in [0.15, 0.2) is 0 Å². The average Bonchev–Trinajstić information content (AvgIpc) is 2.44. The van der Waals surface area contributed by atoms with Gasteiger partial charge < -0.3 is 0 Å². The van der Waals surface area contributed by atoms with Crippen LogP contribution in [0.4, 0.5) is 0 Å². The largest absolute Gasteiger partial charge is 0.0979 e. The molecule has 0 saturated carbocycles. The van der Waals surface area contributed by atoms with Gasteiger partial charge >= 0.3 is 0 Å². The van der Waals surface area contributed by atoms with Crippen molar-refractivity contribution in [2.75, 3.05) is 0 Å². The monoisotopic (exact) mass is 270 g/mol. The van der Waals surface area contributed by atoms with E-state index in [0.29, 0.717) is 0 Å². The fourth-order valence-corrected chi connectivity index (χ4v) is 2.38. The Morgan fingerprint density at radius 1 is 0.850 bits per heavy atom. The maximum atomic E-state index is 3.33. The summed E-state index contributed by atoms with van der Waals surface area (Å²) >= 11 is 0. The van der Waals surface area contributed by atoms with E-state index < -0.39 is 0 Å². The van der Waals surface area contributed by atoms with Crippen molar-refractivity contribution in [2.24, 2.45) is 0 Å². The Bertz CT molecular complexity index is 431. The zero-order valence-corrected chi connectivity index (χ0v) is 13.6. The Balaban J connectivity index is 2.12. The van der Waals surface area contributed by atoms with Crippen molar-refractivity contribution < 1.29 is 0 Å². The number of unbranched alkanes of at least 4 members (excludes halogenated alkanes) is 8. The maximum absolute atomic E-state index is 3.33. The van der Waals surface area contributed by atoms with Crippen molar-refractivity contribution in [3.05, 3.63) is 34.9 Å². The number of hydrogen-bond donors (Lipinski definition) is 0. The van der Waals surface area contributed by atoms with Crippen LogP contribution in [0.15, 0.2) is 18.2 Å². The van der Waals surface area contributed by atoms with Crippen LogP contribution in [0.25, 0.3) is 0 Å². The van der Waals surface area contributed by atoms with Crippen LogP contribution in [0.3, 0.4) is 0 Å². The zero-order chi connectivity index (χ0) is 14.6. The van der Waals surface area contributed by atoms with Gasteiger partial charge in [-0.2, -0.15) is 0 Å². The Morgan fingerprint density at radius 2 is 1.50 bits per heavy atom. The van der Waals surface area contributed by atoms with Crippen LogP contribution >= 0.6 is 0 Å². The first-order chi connectivity index (χ1) is 9.74. The molecule has 0 unspecified atom stereocenters. The highest BCUT2D eigenvalue weighted by Crippen LogP contribution is 2.10. The molecule has 0 nitrogen and oxygen atoms in total. The zero-order valence-electron chi connectivity index (χ0n) is 13.6. The maximum Gasteiger partial charge on any atom is 0.0277 e. The summed E-state index contributed by atoms with van der Waals surface area (Å²) < 4.78 is 0. The van der Waals surface area contributed by atoms with E-state index in [4.69, 9.17) is 0 Å². The second kappa shape index (κ2) is 10.6. The number of benzene rings is 1. The summed E-state index contributed by atoms with van der Waals surface area (Å²) in [5.41, 5.74) is 3.79. The number of hydrogen-bond acceptors (Lipinski definition) is 0. The highest BCUT2D eigenvalue weighted by atomic mass is 14.0. The van der Waals surface area contributed by atoms with E-state index in [9.17, 15) is 0 Å². The highest BCUT2D eigenvalue weighted by molar-refractivity contribution is 5.42. The van der Waals surface area contributed by atoms with E-state index in [1.807, 2.05) is 0 Å². The molecule has 1 rings (SSSR count). The summed E-state index contributed by atoms with van der Waals surface area (Å²) in [6.45, 7) is 6.54. The minimum Gasteiger partial charge on any atom is -0.0979 e. The van der Waals surface area contributed by atoms with Crippen molar-refractivity contribution in [1.82, 2.24) is 0 Å². The predicted molar refractivity (Wildman–Crippen MR) is 90.0 cm³/mol. The Hall–Kier alpha value is -1.22. The van der Waals surface area contributed by atoms with Crippen molar-refractivity contribution in [2.45, 2.75) is 78.6 Å². The van der Waals surface area contributed by atoms with E-state index in [0.717, 1.165) is 6.42 Å². The topological polar surface area (TPSA) is 0 Å². The quantitative estimate of drug-likeness (QED) is 0.390. The highest BCUT2D eigenvalue weighted by Gasteiger charge is 1.94. The molecule has 0 atom stereocenters. The normalized spacial score (nSPS) is 10.2. The molecule has 0 N–H and O–H groups in total. The van der Waals surface area contributed by atoms with Crippen LogP contribution in [-0.4, -0.2) is 0 Å². The Morgan fingerprint density at radius 3 is 2.20 bits per heavy atom. The molecule has 0 aliphatic carbocycles. The first-order valence-electron chi connectivity index (χ1n) is 8.30. The summed E-state index contributed by atoms with van der Waals surface area (Å²) in [5, 5.41) is 0. The van der Waals surface area contributed by atoms with E-state index in [1.54, 1.807) is 0 Å². The van der Waals surface area contributed by atoms with E-state index in [-0.39, 0.29) is 0 Å². The van der Waals surface area contributed by atoms with Crippen molar-refractivity contribution in [1.29, 1.82) is 0 Å². The van der Waals surface area contributed by atoms with Gasteiger partial charge in [0.1, 0.15) is 0 Å². The number of rotatable bonds is 8. The fourth-order valence-electron chi connectivity index (χ4n) is 2.38. The van der Waals surface area contributed by atoms with Gasteiger partial charge in [0, 0.05) is 12.0 Å². The third-order valence-electron chi connectivity index (χ3n) is 3.77. The van der Waals surface area contributed by atoms with Gasteiger partial charge in [-0.1, -0.05) is 75.8 Å². The molecule has 0 radical (unpaired) electrons. The summed E-state index contributed by atoms with van der Waals surface area (Å²) in [4.78, 5) is 0. The van der Waals surface area contributed by atoms with Crippen molar-refractivity contribution in [3.8, 4) is 11.8 Å². The van der Waals surface area contributed by atoms with Gasteiger partial charge in [0.25, 0.3) is 0 Å². The molecule has 0 aliphatic rings. The molecule has 20 heavy (non-hydrogen) atoms. The lowest BCUT2D eigenvalue weighted by molar-refractivity contribution is 0.579. The van der Waals surface area contributed by atoms with Gasteiger partial charge in [0.05, 0.1) is 0 Å². The summed E-state index contributed by atoms with van der Waals surface area (Å²) in [5.74, 6) is 6.65. The second-order valence-electron chi connectivity index (χ2n) is 5.85. The first kappa shape index (κ1) is 16.8. The molecule has 0 heterocycles. The van der Waals surface area contributed by atoms with Crippen LogP contribution in [0.5, 0.6) is 0 Å². The van der Waals surface area contributed by atoms with Crippen LogP contribution in [-0.2, 0) is 0 Å². The van der Waals surface area contributed by atoms with Crippen LogP contribution in [0.1, 0.15) is 81.4 Å². The molecule has 0 spiro atoms. The molecular formula is C20H30. The molecule has 0 fully saturated rings. The van der Waals surface area contributed by atoms with Gasteiger partial charge in [0.2, 0.25) is 0 Å². The second-order valence-corrected chi connectivity index (χ2v) is 5.85. The van der Waals surface area contributed by atoms with Gasteiger partial charge in [-0.3, -0.25) is 0 Å². The molecular weight excluding hydrogens is 240 g/mol. The minimum atomic E-state index is 1.04. The SMILES string of the molecule is CCCCCCCCCCC#Cc1cc(C)ccc1C. The third-order valence-corrected chi connectivity index (χ3v) is 3.77. The van der Waals surface area contributed by atoms with E-state index in [2.05, 4.69) is 50.8 Å². The third kappa shape index (κ3) is 7.39. The molecule has 1 aromatic carbocycles. The van der Waals surface area contributed by atoms with Crippen molar-refractivity contribution in [3.63, 3.8) is 0 Å². The Labute approximate surface area is 126 Å². The molecule has 0 bridgehead atoms. The standard InChI is InChI=1S/C20H30/c1-4-5-6-7-8-9-10-11-12-13-14-20-17-18(2)15-16-19(20)3/h15-17H,4-12H2,1-3H3. The summed E-state index contributed by atoms with van der Waals surface area (Å²) in [7, 11) is 0. The molecule has 0 saturated heterocycles. The lowest BCUT2D eigenvalue weighted by Crippen LogP contribution is -1.83. The summed E-state index contributed by atoms with van der Waals surface area (Å²) in [6, 6.07) is 6.50. The molecule has 1 aromatic rings. The molecule has 0 heteroatoms. The minimum absolute atomic E-state index is 1.04. The van der Waals surface area contributed by atoms with Crippen LogP contribution in [0, 0.1) is 25.7 Å². The lowest BCUT2D eigenvalue weighted by Gasteiger charge is -2.00. The molecule has 0 aromatic heterocycles. The number of aryl methyl sites for hydroxylation is 2. The van der Waals surface area contributed by atoms with Gasteiger partial charge in [-0.05, 0) is 37.5 Å². The van der Waals surface area contributed by atoms with Crippen LogP contribution < -0.4 is 0 Å². The molecule has 0 amide bonds.